The van der Waals surface area contributed by atoms with Crippen LogP contribution < -0.4 is 4.74 Å². The van der Waals surface area contributed by atoms with E-state index in [1.165, 1.54) is 10.4 Å². The highest BCUT2D eigenvalue weighted by atomic mass is 32.2. The zero-order valence-electron chi connectivity index (χ0n) is 15.6. The van der Waals surface area contributed by atoms with Crippen LogP contribution in [0.5, 0.6) is 5.88 Å². The fourth-order valence-electron chi connectivity index (χ4n) is 4.00. The maximum Gasteiger partial charge on any atom is 0.225 e. The van der Waals surface area contributed by atoms with Crippen molar-refractivity contribution in [3.8, 4) is 5.88 Å². The zero-order chi connectivity index (χ0) is 18.3. The Morgan fingerprint density at radius 3 is 2.73 bits per heavy atom. The summed E-state index contributed by atoms with van der Waals surface area (Å²) < 4.78 is 20.3. The Kier molecular flexibility index (Phi) is 5.27. The first-order valence-electron chi connectivity index (χ1n) is 9.19. The largest absolute Gasteiger partial charge is 0.474 e. The fraction of sp³-hybridized carbons (Fsp3) is 0.667. The van der Waals surface area contributed by atoms with Gasteiger partial charge in [0.05, 0.1) is 16.4 Å². The van der Waals surface area contributed by atoms with E-state index in [1.54, 1.807) is 23.9 Å². The van der Waals surface area contributed by atoms with Crippen LogP contribution in [0.15, 0.2) is 6.33 Å². The number of aromatic nitrogens is 2. The smallest absolute Gasteiger partial charge is 0.225 e. The lowest BCUT2D eigenvalue weighted by Gasteiger charge is -2.32. The predicted molar refractivity (Wildman–Crippen MR) is 106 cm³/mol. The van der Waals surface area contributed by atoms with Gasteiger partial charge in [-0.3, -0.25) is 0 Å². The minimum Gasteiger partial charge on any atom is -0.474 e. The Balaban J connectivity index is 1.58. The Morgan fingerprint density at radius 2 is 2.04 bits per heavy atom. The third-order valence-corrected chi connectivity index (χ3v) is 7.81. The molecule has 8 heteroatoms. The summed E-state index contributed by atoms with van der Waals surface area (Å²) in [4.78, 5) is 13.6. The van der Waals surface area contributed by atoms with E-state index in [4.69, 9.17) is 4.74 Å². The van der Waals surface area contributed by atoms with Gasteiger partial charge in [-0.05, 0) is 51.8 Å². The van der Waals surface area contributed by atoms with E-state index in [0.29, 0.717) is 18.5 Å². The molecule has 0 N–H and O–H groups in total. The Bertz CT molecular complexity index is 815. The fourth-order valence-corrected chi connectivity index (χ4v) is 5.79. The molecule has 0 bridgehead atoms. The molecule has 1 unspecified atom stereocenters. The highest BCUT2D eigenvalue weighted by Gasteiger charge is 2.28. The van der Waals surface area contributed by atoms with Gasteiger partial charge in [-0.1, -0.05) is 0 Å². The highest BCUT2D eigenvalue weighted by Crippen LogP contribution is 2.39. The SMILES string of the molecule is CN(C)C1CCC(Oc2ncnc3sc4c(c23)CN(S(C)=O)CC4)CC1. The minimum absolute atomic E-state index is 0.222. The van der Waals surface area contributed by atoms with Crippen molar-refractivity contribution in [1.29, 1.82) is 0 Å². The Hall–Kier alpha value is -1.09. The second-order valence-electron chi connectivity index (χ2n) is 7.41. The molecule has 0 aromatic carbocycles. The summed E-state index contributed by atoms with van der Waals surface area (Å²) in [5.74, 6) is 0.713. The molecule has 26 heavy (non-hydrogen) atoms. The van der Waals surface area contributed by atoms with Crippen LogP contribution in [0.4, 0.5) is 0 Å². The third kappa shape index (κ3) is 3.52. The first-order chi connectivity index (χ1) is 12.5. The summed E-state index contributed by atoms with van der Waals surface area (Å²) in [6.45, 7) is 1.52. The van der Waals surface area contributed by atoms with Crippen molar-refractivity contribution in [1.82, 2.24) is 19.2 Å². The number of thiophene rings is 1. The van der Waals surface area contributed by atoms with Crippen LogP contribution in [0.2, 0.25) is 0 Å². The van der Waals surface area contributed by atoms with Crippen molar-refractivity contribution < 1.29 is 8.95 Å². The molecule has 0 amide bonds. The summed E-state index contributed by atoms with van der Waals surface area (Å²) in [5, 5.41) is 1.04. The molecule has 6 nitrogen and oxygen atoms in total. The predicted octanol–water partition coefficient (Wildman–Crippen LogP) is 2.59. The topological polar surface area (TPSA) is 58.6 Å². The molecule has 1 aliphatic heterocycles. The van der Waals surface area contributed by atoms with Gasteiger partial charge in [0.1, 0.15) is 17.3 Å². The van der Waals surface area contributed by atoms with E-state index in [0.717, 1.165) is 48.9 Å². The molecular formula is C18H26N4O2S2. The number of fused-ring (bicyclic) bond motifs is 3. The summed E-state index contributed by atoms with van der Waals surface area (Å²) >= 11 is 1.73. The van der Waals surface area contributed by atoms with Crippen LogP contribution in [0.1, 0.15) is 36.1 Å². The molecule has 1 atom stereocenters. The number of nitrogens with zero attached hydrogens (tertiary/aromatic N) is 4. The number of hydrogen-bond acceptors (Lipinski definition) is 6. The minimum atomic E-state index is -0.956. The third-order valence-electron chi connectivity index (χ3n) is 5.57. The van der Waals surface area contributed by atoms with Gasteiger partial charge in [-0.15, -0.1) is 11.3 Å². The summed E-state index contributed by atoms with van der Waals surface area (Å²) in [7, 11) is 3.35. The average Bonchev–Trinajstić information content (AvgIpc) is 3.00. The van der Waals surface area contributed by atoms with Gasteiger partial charge in [0.15, 0.2) is 0 Å². The van der Waals surface area contributed by atoms with Gasteiger partial charge in [0, 0.05) is 30.3 Å². The monoisotopic (exact) mass is 394 g/mol. The van der Waals surface area contributed by atoms with Crippen molar-refractivity contribution in [3.63, 3.8) is 0 Å². The second kappa shape index (κ2) is 7.50. The molecule has 0 saturated heterocycles. The number of rotatable bonds is 4. The molecule has 0 radical (unpaired) electrons. The summed E-state index contributed by atoms with van der Waals surface area (Å²) in [6.07, 6.45) is 8.95. The second-order valence-corrected chi connectivity index (χ2v) is 9.86. The molecule has 0 spiro atoms. The van der Waals surface area contributed by atoms with Crippen molar-refractivity contribution in [2.75, 3.05) is 26.9 Å². The molecule has 4 rings (SSSR count). The van der Waals surface area contributed by atoms with Gasteiger partial charge >= 0.3 is 0 Å². The highest BCUT2D eigenvalue weighted by molar-refractivity contribution is 7.81. The summed E-state index contributed by atoms with van der Waals surface area (Å²) in [6, 6.07) is 0.655. The van der Waals surface area contributed by atoms with Gasteiger partial charge in [0.2, 0.25) is 5.88 Å². The maximum absolute atomic E-state index is 11.9. The molecule has 2 aromatic rings. The lowest BCUT2D eigenvalue weighted by Crippen LogP contribution is -2.35. The number of ether oxygens (including phenoxy) is 1. The summed E-state index contributed by atoms with van der Waals surface area (Å²) in [5.41, 5.74) is 1.21. The molecule has 3 heterocycles. The van der Waals surface area contributed by atoms with Crippen molar-refractivity contribution in [3.05, 3.63) is 16.8 Å². The molecule has 2 aliphatic rings. The molecule has 1 saturated carbocycles. The van der Waals surface area contributed by atoms with E-state index in [9.17, 15) is 4.21 Å². The quantitative estimate of drug-likeness (QED) is 0.798. The van der Waals surface area contributed by atoms with E-state index in [2.05, 4.69) is 29.0 Å². The zero-order valence-corrected chi connectivity index (χ0v) is 17.2. The van der Waals surface area contributed by atoms with E-state index < -0.39 is 11.0 Å². The van der Waals surface area contributed by atoms with Gasteiger partial charge in [0.25, 0.3) is 0 Å². The van der Waals surface area contributed by atoms with E-state index >= 15 is 0 Å². The van der Waals surface area contributed by atoms with Crippen molar-refractivity contribution in [2.24, 2.45) is 0 Å². The van der Waals surface area contributed by atoms with Crippen LogP contribution in [-0.2, 0) is 24.0 Å². The molecule has 2 aromatic heterocycles. The first kappa shape index (κ1) is 18.3. The lowest BCUT2D eigenvalue weighted by molar-refractivity contribution is 0.108. The molecule has 1 fully saturated rings. The van der Waals surface area contributed by atoms with Crippen LogP contribution in [0.25, 0.3) is 10.2 Å². The number of hydrogen-bond donors (Lipinski definition) is 0. The average molecular weight is 395 g/mol. The van der Waals surface area contributed by atoms with Crippen molar-refractivity contribution >= 4 is 32.5 Å². The molecule has 142 valence electrons. The maximum atomic E-state index is 11.9. The standard InChI is InChI=1S/C18H26N4O2S2/c1-21(2)12-4-6-13(7-5-12)24-17-16-14-10-22(26(3)23)9-8-15(14)25-18(16)20-11-19-17/h11-13H,4-10H2,1-3H3. The van der Waals surface area contributed by atoms with Crippen LogP contribution >= 0.6 is 11.3 Å². The van der Waals surface area contributed by atoms with Crippen LogP contribution in [0, 0.1) is 0 Å². The van der Waals surface area contributed by atoms with Crippen LogP contribution in [0.3, 0.4) is 0 Å². The molecular weight excluding hydrogens is 368 g/mol. The van der Waals surface area contributed by atoms with E-state index in [1.807, 2.05) is 4.31 Å². The lowest BCUT2D eigenvalue weighted by atomic mass is 9.92. The van der Waals surface area contributed by atoms with Crippen LogP contribution in [-0.4, -0.2) is 62.4 Å². The van der Waals surface area contributed by atoms with E-state index in [-0.39, 0.29) is 6.10 Å². The van der Waals surface area contributed by atoms with Gasteiger partial charge in [-0.25, -0.2) is 18.5 Å². The van der Waals surface area contributed by atoms with Crippen molar-refractivity contribution in [2.45, 2.75) is 50.8 Å². The Labute approximate surface area is 161 Å². The first-order valence-corrected chi connectivity index (χ1v) is 11.5. The Morgan fingerprint density at radius 1 is 1.27 bits per heavy atom. The van der Waals surface area contributed by atoms with Gasteiger partial charge in [-0.2, -0.15) is 0 Å². The van der Waals surface area contributed by atoms with Gasteiger partial charge < -0.3 is 9.64 Å². The molecule has 1 aliphatic carbocycles. The normalized spacial score (nSPS) is 25.4.